The Kier molecular flexibility index (Phi) is 32.2. The fraction of sp³-hybridized carbons (Fsp3) is 0.531. The number of nitrogens with one attached hydrogen (secondary N) is 9. The Balaban J connectivity index is 1.17. The zero-order chi connectivity index (χ0) is 88.2. The molecule has 0 unspecified atom stereocenters. The Morgan fingerprint density at radius 3 is 1.91 bits per heavy atom. The molecule has 0 aliphatic carbocycles. The molecular weight excluding hydrogens is 1650 g/mol. The second kappa shape index (κ2) is 41.4. The molecule has 18 atom stereocenters. The minimum Gasteiger partial charge on any atom is -0.508 e. The second-order valence-electron chi connectivity index (χ2n) is 31.5. The molecule has 2 saturated heterocycles. The van der Waals surface area contributed by atoms with E-state index in [-0.39, 0.29) is 40.7 Å². The molecule has 0 radical (unpaired) electrons. The van der Waals surface area contributed by atoms with Crippen LogP contribution in [0.5, 0.6) is 46.0 Å². The number of aliphatic hydroxyl groups is 6. The van der Waals surface area contributed by atoms with Crippen molar-refractivity contribution >= 4 is 78.1 Å². The average molecular weight is 1750 g/mol. The van der Waals surface area contributed by atoms with Crippen molar-refractivity contribution in [3.8, 4) is 57.1 Å². The Morgan fingerprint density at radius 1 is 0.694 bits per heavy atom. The molecule has 11 bridgehead atoms. The molecule has 0 saturated carbocycles. The summed E-state index contributed by atoms with van der Waals surface area (Å²) < 4.78 is 51.5. The number of carbonyl (C=O) groups excluding carboxylic acids is 7. The molecule has 37 nitrogen and oxygen atoms in total. The molecule has 7 aliphatic rings. The first-order chi connectivity index (χ1) is 57.3. The highest BCUT2D eigenvalue weighted by molar-refractivity contribution is 7.51. The first-order valence-corrected chi connectivity index (χ1v) is 42.6. The fourth-order valence-corrected chi connectivity index (χ4v) is 16.4. The molecule has 5 aromatic carbocycles. The Hall–Kier alpha value is -9.09. The number of benzene rings is 5. The number of carboxylic acids is 1. The Labute approximate surface area is 706 Å². The van der Waals surface area contributed by atoms with Crippen molar-refractivity contribution in [3.63, 3.8) is 0 Å². The van der Waals surface area contributed by atoms with Gasteiger partial charge in [-0.15, -0.1) is 0 Å². The van der Waals surface area contributed by atoms with E-state index in [4.69, 9.17) is 57.4 Å². The van der Waals surface area contributed by atoms with Crippen LogP contribution in [0.25, 0.3) is 11.1 Å². The third-order valence-corrected chi connectivity index (χ3v) is 23.4. The van der Waals surface area contributed by atoms with Crippen molar-refractivity contribution in [2.24, 2.45) is 11.7 Å². The number of halogens is 2. The number of rotatable bonds is 30. The van der Waals surface area contributed by atoms with Gasteiger partial charge in [0.2, 0.25) is 53.4 Å². The predicted octanol–water partition coefficient (Wildman–Crippen LogP) is 3.58. The minimum atomic E-state index is -4.74. The summed E-state index contributed by atoms with van der Waals surface area (Å²) in [5.41, 5.74) is 0.788. The topological polar surface area (TPSA) is 586 Å². The summed E-state index contributed by atoms with van der Waals surface area (Å²) >= 11 is 14.3. The van der Waals surface area contributed by atoms with Crippen molar-refractivity contribution in [2.45, 2.75) is 227 Å². The largest absolute Gasteiger partial charge is 0.508 e. The number of likely N-dealkylation sites (N-methyl/N-ethyl adjacent to an activating group) is 1. The van der Waals surface area contributed by atoms with E-state index in [1.807, 2.05) is 13.8 Å². The lowest BCUT2D eigenvalue weighted by Gasteiger charge is -2.48. The van der Waals surface area contributed by atoms with E-state index in [1.54, 1.807) is 13.8 Å². The van der Waals surface area contributed by atoms with Crippen LogP contribution >= 0.6 is 30.8 Å². The molecule has 40 heteroatoms. The number of amides is 7. The summed E-state index contributed by atoms with van der Waals surface area (Å²) in [4.78, 5) is 138. The standard InChI is InChI=1S/C81H107Cl2N10O27P/c1-7-8-9-10-11-12-13-14-23-86-24-25-87-81(5)35-58(115-38(4)72(81)103)119-71-69(102)68(101)56(36-94)118-80(71)120-70-54-31-42-32-55(70)117-53-22-19-41(30-47(53)83)66(99)64-78(109)91-62(79(110)111)45-33-51(96)43(16-15-26-121(112,113)114)67(100)59(45)44-28-39(17-20-50(44)95)60(75(106)93-64)90-76(107)61(42)89-74(105)49(34-57(84)97)88-77(108)63(92-73(104)48(85-6)27-37(2)3)65(98)40-18-21-52(116-54)46(82)29-40/h17-22,28-33,37-38,48-49,56,58,60-66,68-69,71-72,80,85-87,94-96,98-103H,7-16,23-27,34-36H2,1-6H3,(H2,84,97)(H,88,108)(H,89,105)(H,90,107)(H,91,109)(H,92,104)(H,93,106)(H,110,111)(H2,112,113,114)/t38-,48+,49-,56+,58-,60+,61+,62-,63+,64-,65-,66+,68+,69-,71+,72+,80-,81-/m0/s1. The van der Waals surface area contributed by atoms with E-state index in [0.29, 0.717) is 13.1 Å². The molecule has 2 fully saturated rings. The number of hydrogen-bond donors (Lipinski definition) is 22. The number of carbonyl (C=O) groups is 8. The maximum absolute atomic E-state index is 16.3. The predicted molar refractivity (Wildman–Crippen MR) is 434 cm³/mol. The van der Waals surface area contributed by atoms with Gasteiger partial charge < -0.3 is 143 Å². The van der Waals surface area contributed by atoms with Crippen molar-refractivity contribution < 1.29 is 132 Å². The lowest BCUT2D eigenvalue weighted by atomic mass is 9.85. The summed E-state index contributed by atoms with van der Waals surface area (Å²) in [5, 5.41) is 142. The summed E-state index contributed by atoms with van der Waals surface area (Å²) in [6.07, 6.45) is -11.2. The smallest absolute Gasteiger partial charge is 0.330 e. The highest BCUT2D eigenvalue weighted by atomic mass is 35.5. The van der Waals surface area contributed by atoms with E-state index >= 15 is 24.0 Å². The summed E-state index contributed by atoms with van der Waals surface area (Å²) in [5.74, 6) is -16.8. The molecule has 7 heterocycles. The Bertz CT molecular complexity index is 4640. The third kappa shape index (κ3) is 23.0. The molecule has 23 N–H and O–H groups in total. The van der Waals surface area contributed by atoms with Crippen molar-refractivity contribution in [2.75, 3.05) is 39.5 Å². The van der Waals surface area contributed by atoms with Crippen LogP contribution in [0, 0.1) is 5.92 Å². The van der Waals surface area contributed by atoms with Gasteiger partial charge >= 0.3 is 13.6 Å². The number of aliphatic hydroxyl groups excluding tert-OH is 6. The van der Waals surface area contributed by atoms with Gasteiger partial charge in [-0.3, -0.25) is 38.1 Å². The molecule has 662 valence electrons. The number of unbranched alkanes of at least 4 members (excludes halogenated alkanes) is 7. The first-order valence-electron chi connectivity index (χ1n) is 40.0. The highest BCUT2D eigenvalue weighted by Gasteiger charge is 2.52. The van der Waals surface area contributed by atoms with Gasteiger partial charge in [-0.1, -0.05) is 107 Å². The SMILES string of the molecule is CCCCCCCCCCNCCN[C@@]1(C)C[C@H](O[C@H]2[C@H](Oc3c4cc5cc3Oc3ccc(cc3Cl)[C@H](O)[C@@H](NC(=O)[C@@H](CC(C)C)NC)C(=O)N[C@@H](CC(N)=O)C(=O)N[C@H]5C(=O)N[C@H]3C(=O)N[C@H](C(=O)N[C@H](C(=O)O)c5cc(O)c(CCCP(=O)(O)O)c(O)c5-c5cc3ccc5O)[C@H](O)c3ccc(c(Cl)c3)O4)O[C@H](CO)[C@@H](O)[C@@H]2O)O[C@@H](C)[C@H]1O. The number of carboxylic acid groups (broad SMARTS) is 1. The molecule has 121 heavy (non-hydrogen) atoms. The van der Waals surface area contributed by atoms with Crippen LogP contribution in [0.4, 0.5) is 0 Å². The van der Waals surface area contributed by atoms with Gasteiger partial charge in [0.05, 0.1) is 47.5 Å². The molecule has 7 amide bonds. The second-order valence-corrected chi connectivity index (χ2v) is 34.1. The van der Waals surface area contributed by atoms with E-state index in [1.165, 1.54) is 51.3 Å². The summed E-state index contributed by atoms with van der Waals surface area (Å²) in [7, 11) is -3.27. The van der Waals surface area contributed by atoms with Crippen LogP contribution in [0.2, 0.25) is 10.0 Å². The molecular formula is C81H107Cl2N10O27P. The van der Waals surface area contributed by atoms with Crippen LogP contribution in [-0.2, 0) is 63.6 Å². The van der Waals surface area contributed by atoms with Crippen LogP contribution in [0.1, 0.15) is 175 Å². The number of phenols is 3. The van der Waals surface area contributed by atoms with Gasteiger partial charge in [0.15, 0.2) is 29.9 Å². The number of phenolic OH excluding ortho intramolecular Hbond substituents is 3. The Morgan fingerprint density at radius 2 is 1.31 bits per heavy atom. The number of hydrogen-bond acceptors (Lipinski definition) is 27. The van der Waals surface area contributed by atoms with E-state index in [2.05, 4.69) is 54.8 Å². The zero-order valence-electron chi connectivity index (χ0n) is 67.3. The van der Waals surface area contributed by atoms with Gasteiger partial charge in [-0.2, -0.15) is 0 Å². The highest BCUT2D eigenvalue weighted by Crippen LogP contribution is 2.51. The van der Waals surface area contributed by atoms with E-state index in [9.17, 15) is 79.8 Å². The molecule has 5 aromatic rings. The maximum atomic E-state index is 16.3. The number of aromatic hydroxyl groups is 3. The molecule has 0 aromatic heterocycles. The number of aliphatic carboxylic acids is 1. The van der Waals surface area contributed by atoms with Crippen LogP contribution in [-0.4, -0.2) is 227 Å². The number of primary amides is 1. The quantitative estimate of drug-likeness (QED) is 0.0231. The summed E-state index contributed by atoms with van der Waals surface area (Å²) in [6, 6.07) is -2.20. The number of ether oxygens (including phenoxy) is 6. The molecule has 0 spiro atoms. The van der Waals surface area contributed by atoms with E-state index in [0.717, 1.165) is 86.5 Å². The first kappa shape index (κ1) is 94.2. The normalized spacial score (nSPS) is 26.7. The monoisotopic (exact) mass is 1750 g/mol. The van der Waals surface area contributed by atoms with Gasteiger partial charge in [0, 0.05) is 47.3 Å². The van der Waals surface area contributed by atoms with E-state index < -0.39 is 275 Å². The van der Waals surface area contributed by atoms with Gasteiger partial charge in [-0.05, 0) is 136 Å². The lowest BCUT2D eigenvalue weighted by Crippen LogP contribution is -2.65. The fourth-order valence-electron chi connectivity index (χ4n) is 15.4. The third-order valence-electron chi connectivity index (χ3n) is 21.9. The van der Waals surface area contributed by atoms with Crippen LogP contribution < -0.4 is 67.8 Å². The number of nitrogens with two attached hydrogens (primary N) is 1. The van der Waals surface area contributed by atoms with Crippen molar-refractivity contribution in [1.82, 2.24) is 47.9 Å². The molecule has 12 rings (SSSR count). The lowest BCUT2D eigenvalue weighted by molar-refractivity contribution is -0.334. The van der Waals surface area contributed by atoms with Gasteiger partial charge in [0.1, 0.15) is 89.5 Å². The van der Waals surface area contributed by atoms with Gasteiger partial charge in [-0.25, -0.2) is 4.79 Å². The average Bonchev–Trinajstić information content (AvgIpc) is 1.36. The number of fused-ring (bicyclic) bond motifs is 15. The van der Waals surface area contributed by atoms with Crippen molar-refractivity contribution in [1.29, 1.82) is 0 Å². The minimum absolute atomic E-state index is 0.121. The van der Waals surface area contributed by atoms with Crippen molar-refractivity contribution in [3.05, 3.63) is 116 Å². The summed E-state index contributed by atoms with van der Waals surface area (Å²) in [6.45, 7) is 9.76. The maximum Gasteiger partial charge on any atom is 0.330 e. The van der Waals surface area contributed by atoms with Gasteiger partial charge in [0.25, 0.3) is 0 Å². The zero-order valence-corrected chi connectivity index (χ0v) is 69.7. The van der Waals surface area contributed by atoms with Crippen LogP contribution in [0.3, 0.4) is 0 Å². The molecule has 7 aliphatic heterocycles. The van der Waals surface area contributed by atoms with Crippen LogP contribution in [0.15, 0.2) is 72.8 Å².